The molecule has 2 aromatic carbocycles. The highest BCUT2D eigenvalue weighted by molar-refractivity contribution is 7.17. The number of piperidine rings is 1. The molecular formula is C26H24F2N4O2S. The lowest BCUT2D eigenvalue weighted by Gasteiger charge is -2.34. The first-order valence-corrected chi connectivity index (χ1v) is 12.4. The maximum Gasteiger partial charge on any atom is 0.273 e. The van der Waals surface area contributed by atoms with Crippen molar-refractivity contribution in [3.8, 4) is 0 Å². The van der Waals surface area contributed by atoms with Crippen molar-refractivity contribution in [2.75, 3.05) is 18.0 Å². The van der Waals surface area contributed by atoms with Gasteiger partial charge in [-0.05, 0) is 59.7 Å². The van der Waals surface area contributed by atoms with E-state index in [0.717, 1.165) is 24.0 Å². The normalized spacial score (nSPS) is 15.9. The van der Waals surface area contributed by atoms with Gasteiger partial charge in [-0.25, -0.2) is 13.8 Å². The minimum Gasteiger partial charge on any atom is -0.352 e. The molecule has 2 aromatic heterocycles. The van der Waals surface area contributed by atoms with Crippen molar-refractivity contribution in [1.29, 1.82) is 0 Å². The van der Waals surface area contributed by atoms with E-state index in [9.17, 15) is 18.4 Å². The van der Waals surface area contributed by atoms with Gasteiger partial charge < -0.3 is 10.2 Å². The zero-order chi connectivity index (χ0) is 24.4. The Morgan fingerprint density at radius 3 is 2.43 bits per heavy atom. The topological polar surface area (TPSA) is 67.2 Å². The molecule has 0 aliphatic carbocycles. The van der Waals surface area contributed by atoms with Crippen molar-refractivity contribution in [2.24, 2.45) is 5.92 Å². The number of thiophene rings is 1. The van der Waals surface area contributed by atoms with Crippen molar-refractivity contribution in [1.82, 2.24) is 14.9 Å². The van der Waals surface area contributed by atoms with Gasteiger partial charge in [-0.2, -0.15) is 0 Å². The van der Waals surface area contributed by atoms with Gasteiger partial charge in [-0.3, -0.25) is 14.2 Å². The quantitative estimate of drug-likeness (QED) is 0.434. The molecule has 4 aromatic rings. The first kappa shape index (κ1) is 23.2. The molecule has 180 valence electrons. The summed E-state index contributed by atoms with van der Waals surface area (Å²) in [7, 11) is 0. The number of benzene rings is 2. The van der Waals surface area contributed by atoms with E-state index in [-0.39, 0.29) is 35.6 Å². The highest BCUT2D eigenvalue weighted by Crippen LogP contribution is 2.25. The SMILES string of the molecule is O=C(NCc1ccc(F)cc1)C1CCCN(c2nc3ccsc3c(=O)n2Cc2ccc(F)cc2)C1. The molecule has 1 aliphatic heterocycles. The molecule has 1 atom stereocenters. The average Bonchev–Trinajstić information content (AvgIpc) is 3.35. The van der Waals surface area contributed by atoms with Crippen molar-refractivity contribution < 1.29 is 13.6 Å². The predicted octanol–water partition coefficient (Wildman–Crippen LogP) is 4.32. The van der Waals surface area contributed by atoms with Crippen LogP contribution in [0.3, 0.4) is 0 Å². The molecule has 1 unspecified atom stereocenters. The molecule has 0 saturated carbocycles. The summed E-state index contributed by atoms with van der Waals surface area (Å²) in [5.41, 5.74) is 2.10. The molecule has 1 amide bonds. The van der Waals surface area contributed by atoms with Gasteiger partial charge in [-0.15, -0.1) is 11.3 Å². The van der Waals surface area contributed by atoms with E-state index >= 15 is 0 Å². The molecule has 9 heteroatoms. The number of carbonyl (C=O) groups excluding carboxylic acids is 1. The van der Waals surface area contributed by atoms with E-state index in [1.807, 2.05) is 16.3 Å². The Hall–Kier alpha value is -3.59. The number of hydrogen-bond donors (Lipinski definition) is 1. The van der Waals surface area contributed by atoms with Crippen LogP contribution in [0.5, 0.6) is 0 Å². The van der Waals surface area contributed by atoms with Crippen LogP contribution in [0.25, 0.3) is 10.2 Å². The van der Waals surface area contributed by atoms with Crippen molar-refractivity contribution in [2.45, 2.75) is 25.9 Å². The summed E-state index contributed by atoms with van der Waals surface area (Å²) in [6.07, 6.45) is 1.51. The first-order valence-electron chi connectivity index (χ1n) is 11.5. The van der Waals surface area contributed by atoms with E-state index in [1.54, 1.807) is 28.8 Å². The van der Waals surface area contributed by atoms with E-state index in [2.05, 4.69) is 5.32 Å². The summed E-state index contributed by atoms with van der Waals surface area (Å²) < 4.78 is 28.7. The van der Waals surface area contributed by atoms with Gasteiger partial charge in [0.15, 0.2) is 0 Å². The van der Waals surface area contributed by atoms with Crippen molar-refractivity contribution >= 4 is 33.4 Å². The van der Waals surface area contributed by atoms with E-state index in [0.29, 0.717) is 35.8 Å². The molecular weight excluding hydrogens is 470 g/mol. The molecule has 1 fully saturated rings. The van der Waals surface area contributed by atoms with Crippen molar-refractivity contribution in [3.05, 3.63) is 93.1 Å². The average molecular weight is 495 g/mol. The van der Waals surface area contributed by atoms with Crippen LogP contribution in [0.15, 0.2) is 64.8 Å². The lowest BCUT2D eigenvalue weighted by molar-refractivity contribution is -0.125. The van der Waals surface area contributed by atoms with Crippen LogP contribution >= 0.6 is 11.3 Å². The molecule has 3 heterocycles. The van der Waals surface area contributed by atoms with Gasteiger partial charge >= 0.3 is 0 Å². The third-order valence-electron chi connectivity index (χ3n) is 6.25. The lowest BCUT2D eigenvalue weighted by atomic mass is 9.97. The molecule has 1 saturated heterocycles. The Bertz CT molecular complexity index is 1400. The monoisotopic (exact) mass is 494 g/mol. The fourth-order valence-corrected chi connectivity index (χ4v) is 5.18. The number of nitrogens with one attached hydrogen (secondary N) is 1. The summed E-state index contributed by atoms with van der Waals surface area (Å²) in [6.45, 7) is 1.69. The van der Waals surface area contributed by atoms with Gasteiger partial charge in [0.05, 0.1) is 18.0 Å². The molecule has 1 aliphatic rings. The van der Waals surface area contributed by atoms with Crippen LogP contribution in [0.1, 0.15) is 24.0 Å². The maximum atomic E-state index is 13.4. The summed E-state index contributed by atoms with van der Waals surface area (Å²) in [6, 6.07) is 13.9. The number of nitrogens with zero attached hydrogens (tertiary/aromatic N) is 3. The Labute approximate surface area is 204 Å². The summed E-state index contributed by atoms with van der Waals surface area (Å²) in [5.74, 6) is -0.480. The molecule has 0 radical (unpaired) electrons. The Morgan fingerprint density at radius 2 is 1.71 bits per heavy atom. The van der Waals surface area contributed by atoms with Crippen LogP contribution in [0, 0.1) is 17.6 Å². The van der Waals surface area contributed by atoms with Crippen LogP contribution < -0.4 is 15.8 Å². The standard InChI is InChI=1S/C26H24F2N4O2S/c27-20-7-3-17(4-8-20)14-29-24(33)19-2-1-12-31(16-19)26-30-22-11-13-35-23(22)25(34)32(26)15-18-5-9-21(28)10-6-18/h3-11,13,19H,1-2,12,14-16H2,(H,29,33). The minimum atomic E-state index is -0.335. The number of amides is 1. The summed E-state index contributed by atoms with van der Waals surface area (Å²) in [5, 5.41) is 4.79. The molecule has 6 nitrogen and oxygen atoms in total. The molecule has 0 spiro atoms. The van der Waals surface area contributed by atoms with Gasteiger partial charge in [0, 0.05) is 19.6 Å². The molecule has 1 N–H and O–H groups in total. The number of fused-ring (bicyclic) bond motifs is 1. The van der Waals surface area contributed by atoms with Crippen LogP contribution in [0.2, 0.25) is 0 Å². The Balaban J connectivity index is 1.38. The first-order chi connectivity index (χ1) is 17.0. The van der Waals surface area contributed by atoms with Crippen molar-refractivity contribution in [3.63, 3.8) is 0 Å². The Kier molecular flexibility index (Phi) is 6.59. The summed E-state index contributed by atoms with van der Waals surface area (Å²) >= 11 is 1.35. The molecule has 0 bridgehead atoms. The van der Waals surface area contributed by atoms with Crippen LogP contribution in [-0.2, 0) is 17.9 Å². The largest absolute Gasteiger partial charge is 0.352 e. The van der Waals surface area contributed by atoms with Gasteiger partial charge in [0.25, 0.3) is 5.56 Å². The highest BCUT2D eigenvalue weighted by Gasteiger charge is 2.28. The second-order valence-corrected chi connectivity index (χ2v) is 9.61. The zero-order valence-electron chi connectivity index (χ0n) is 18.9. The van der Waals surface area contributed by atoms with E-state index in [4.69, 9.17) is 4.98 Å². The number of hydrogen-bond acceptors (Lipinski definition) is 5. The summed E-state index contributed by atoms with van der Waals surface area (Å²) in [4.78, 5) is 33.1. The second-order valence-electron chi connectivity index (χ2n) is 8.69. The number of aromatic nitrogens is 2. The van der Waals surface area contributed by atoms with Gasteiger partial charge in [0.2, 0.25) is 11.9 Å². The Morgan fingerprint density at radius 1 is 1.03 bits per heavy atom. The van der Waals surface area contributed by atoms with Gasteiger partial charge in [-0.1, -0.05) is 24.3 Å². The number of carbonyl (C=O) groups is 1. The van der Waals surface area contributed by atoms with Crippen LogP contribution in [0.4, 0.5) is 14.7 Å². The molecule has 5 rings (SSSR count). The highest BCUT2D eigenvalue weighted by atomic mass is 32.1. The maximum absolute atomic E-state index is 13.4. The molecule has 35 heavy (non-hydrogen) atoms. The number of anilines is 1. The minimum absolute atomic E-state index is 0.0805. The number of rotatable bonds is 6. The zero-order valence-corrected chi connectivity index (χ0v) is 19.7. The third-order valence-corrected chi connectivity index (χ3v) is 7.15. The van der Waals surface area contributed by atoms with Crippen LogP contribution in [-0.4, -0.2) is 28.5 Å². The van der Waals surface area contributed by atoms with E-state index in [1.165, 1.54) is 35.6 Å². The van der Waals surface area contributed by atoms with E-state index < -0.39 is 0 Å². The smallest absolute Gasteiger partial charge is 0.273 e. The lowest BCUT2D eigenvalue weighted by Crippen LogP contribution is -2.45. The predicted molar refractivity (Wildman–Crippen MR) is 133 cm³/mol. The fraction of sp³-hybridized carbons (Fsp3) is 0.269. The third kappa shape index (κ3) is 5.09. The van der Waals surface area contributed by atoms with Gasteiger partial charge in [0.1, 0.15) is 16.3 Å². The number of halogens is 2. The second kappa shape index (κ2) is 9.95. The fourth-order valence-electron chi connectivity index (χ4n) is 4.40.